The minimum absolute atomic E-state index is 0.221. The van der Waals surface area contributed by atoms with E-state index in [-0.39, 0.29) is 5.41 Å². The molecule has 0 fully saturated rings. The maximum absolute atomic E-state index is 9.69. The van der Waals surface area contributed by atoms with Gasteiger partial charge in [-0.2, -0.15) is 0 Å². The van der Waals surface area contributed by atoms with Crippen molar-refractivity contribution in [2.75, 3.05) is 19.8 Å². The van der Waals surface area contributed by atoms with Gasteiger partial charge < -0.3 is 15.2 Å². The molecule has 0 aromatic rings. The van der Waals surface area contributed by atoms with Crippen molar-refractivity contribution >= 4 is 0 Å². The molecule has 0 bridgehead atoms. The molecule has 0 aliphatic carbocycles. The molecule has 0 rings (SSSR count). The topological polar surface area (TPSA) is 41.5 Å². The average Bonchev–Trinajstić information content (AvgIpc) is 2.11. The monoisotopic (exact) mass is 231 g/mol. The molecule has 0 aliphatic rings. The van der Waals surface area contributed by atoms with Crippen LogP contribution in [0.3, 0.4) is 0 Å². The Morgan fingerprint density at radius 1 is 1.12 bits per heavy atom. The Hall–Kier alpha value is -0.120. The highest BCUT2D eigenvalue weighted by molar-refractivity contribution is 4.77. The van der Waals surface area contributed by atoms with E-state index in [0.29, 0.717) is 31.7 Å². The van der Waals surface area contributed by atoms with Crippen LogP contribution in [0.25, 0.3) is 0 Å². The van der Waals surface area contributed by atoms with Crippen LogP contribution < -0.4 is 5.32 Å². The first-order valence-corrected chi connectivity index (χ1v) is 6.22. The Balaban J connectivity index is 3.61. The summed E-state index contributed by atoms with van der Waals surface area (Å²) < 4.78 is 5.38. The molecule has 98 valence electrons. The summed E-state index contributed by atoms with van der Waals surface area (Å²) >= 11 is 0. The molecule has 0 spiro atoms. The normalized spacial score (nSPS) is 16.5. The number of rotatable bonds is 7. The summed E-state index contributed by atoms with van der Waals surface area (Å²) in [6, 6.07) is 0.382. The van der Waals surface area contributed by atoms with Crippen molar-refractivity contribution in [3.8, 4) is 0 Å². The molecule has 0 aromatic carbocycles. The molecule has 0 saturated heterocycles. The number of hydrogen-bond acceptors (Lipinski definition) is 3. The van der Waals surface area contributed by atoms with E-state index < -0.39 is 6.10 Å². The Labute approximate surface area is 101 Å². The van der Waals surface area contributed by atoms with Crippen LogP contribution in [0.4, 0.5) is 0 Å². The highest BCUT2D eigenvalue weighted by atomic mass is 16.5. The molecule has 3 heteroatoms. The Bertz CT molecular complexity index is 175. The minimum Gasteiger partial charge on any atom is -0.389 e. The van der Waals surface area contributed by atoms with Crippen LogP contribution in [-0.4, -0.2) is 37.0 Å². The molecule has 0 saturated carbocycles. The Morgan fingerprint density at radius 3 is 2.12 bits per heavy atom. The standard InChI is InChI=1S/C13H29NO2/c1-10(2)8-16-9-12(15)7-14-11(3)13(4,5)6/h10-12,14-15H,7-9H2,1-6H3. The Kier molecular flexibility index (Phi) is 7.20. The lowest BCUT2D eigenvalue weighted by Gasteiger charge is -2.29. The lowest BCUT2D eigenvalue weighted by atomic mass is 9.88. The summed E-state index contributed by atoms with van der Waals surface area (Å²) in [5, 5.41) is 13.0. The molecule has 3 nitrogen and oxygen atoms in total. The van der Waals surface area contributed by atoms with Crippen molar-refractivity contribution in [3.05, 3.63) is 0 Å². The van der Waals surface area contributed by atoms with Crippen molar-refractivity contribution in [1.29, 1.82) is 0 Å². The molecule has 0 aromatic heterocycles. The SMILES string of the molecule is CC(C)COCC(O)CNC(C)C(C)(C)C. The van der Waals surface area contributed by atoms with Gasteiger partial charge in [-0.15, -0.1) is 0 Å². The molecular weight excluding hydrogens is 202 g/mol. The average molecular weight is 231 g/mol. The summed E-state index contributed by atoms with van der Waals surface area (Å²) in [5.41, 5.74) is 0.221. The van der Waals surface area contributed by atoms with Gasteiger partial charge in [0.2, 0.25) is 0 Å². The lowest BCUT2D eigenvalue weighted by molar-refractivity contribution is 0.0235. The second kappa shape index (κ2) is 7.25. The summed E-state index contributed by atoms with van der Waals surface area (Å²) in [4.78, 5) is 0. The van der Waals surface area contributed by atoms with Crippen LogP contribution >= 0.6 is 0 Å². The van der Waals surface area contributed by atoms with E-state index >= 15 is 0 Å². The minimum atomic E-state index is -0.413. The highest BCUT2D eigenvalue weighted by Gasteiger charge is 2.20. The van der Waals surface area contributed by atoms with Gasteiger partial charge in [0.25, 0.3) is 0 Å². The number of nitrogens with one attached hydrogen (secondary N) is 1. The zero-order valence-electron chi connectivity index (χ0n) is 11.7. The largest absolute Gasteiger partial charge is 0.389 e. The predicted octanol–water partition coefficient (Wildman–Crippen LogP) is 2.04. The first-order chi connectivity index (χ1) is 7.23. The maximum atomic E-state index is 9.69. The summed E-state index contributed by atoms with van der Waals surface area (Å²) in [7, 11) is 0. The van der Waals surface area contributed by atoms with Crippen molar-refractivity contribution in [2.24, 2.45) is 11.3 Å². The molecule has 2 N–H and O–H groups in total. The fraction of sp³-hybridized carbons (Fsp3) is 1.00. The zero-order valence-corrected chi connectivity index (χ0v) is 11.7. The fourth-order valence-electron chi connectivity index (χ4n) is 1.12. The van der Waals surface area contributed by atoms with E-state index in [1.54, 1.807) is 0 Å². The lowest BCUT2D eigenvalue weighted by Crippen LogP contribution is -2.42. The van der Waals surface area contributed by atoms with Gasteiger partial charge in [0.15, 0.2) is 0 Å². The second-order valence-corrected chi connectivity index (χ2v) is 6.08. The van der Waals surface area contributed by atoms with Crippen LogP contribution in [0.5, 0.6) is 0 Å². The summed E-state index contributed by atoms with van der Waals surface area (Å²) in [5.74, 6) is 0.522. The molecule has 2 atom stereocenters. The molecule has 2 unspecified atom stereocenters. The zero-order chi connectivity index (χ0) is 12.8. The van der Waals surface area contributed by atoms with Gasteiger partial charge in [-0.05, 0) is 18.3 Å². The van der Waals surface area contributed by atoms with Gasteiger partial charge in [-0.1, -0.05) is 34.6 Å². The number of aliphatic hydroxyl groups is 1. The van der Waals surface area contributed by atoms with Gasteiger partial charge in [-0.3, -0.25) is 0 Å². The van der Waals surface area contributed by atoms with Gasteiger partial charge >= 0.3 is 0 Å². The molecular formula is C13H29NO2. The van der Waals surface area contributed by atoms with Crippen molar-refractivity contribution in [2.45, 2.75) is 53.7 Å². The predicted molar refractivity (Wildman–Crippen MR) is 68.6 cm³/mol. The molecule has 0 amide bonds. The van der Waals surface area contributed by atoms with Crippen LogP contribution in [0, 0.1) is 11.3 Å². The van der Waals surface area contributed by atoms with Crippen LogP contribution in [-0.2, 0) is 4.74 Å². The summed E-state index contributed by atoms with van der Waals surface area (Å²) in [6.45, 7) is 14.6. The van der Waals surface area contributed by atoms with E-state index in [9.17, 15) is 5.11 Å². The molecule has 0 radical (unpaired) electrons. The molecule has 16 heavy (non-hydrogen) atoms. The van der Waals surface area contributed by atoms with Gasteiger partial charge in [0, 0.05) is 19.2 Å². The van der Waals surface area contributed by atoms with E-state index in [1.165, 1.54) is 0 Å². The second-order valence-electron chi connectivity index (χ2n) is 6.08. The molecule has 0 heterocycles. The third-order valence-corrected chi connectivity index (χ3v) is 2.72. The first kappa shape index (κ1) is 15.9. The smallest absolute Gasteiger partial charge is 0.0897 e. The highest BCUT2D eigenvalue weighted by Crippen LogP contribution is 2.18. The van der Waals surface area contributed by atoms with E-state index in [2.05, 4.69) is 46.9 Å². The first-order valence-electron chi connectivity index (χ1n) is 6.22. The van der Waals surface area contributed by atoms with E-state index in [0.717, 1.165) is 0 Å². The maximum Gasteiger partial charge on any atom is 0.0897 e. The number of aliphatic hydroxyl groups excluding tert-OH is 1. The third-order valence-electron chi connectivity index (χ3n) is 2.72. The quantitative estimate of drug-likeness (QED) is 0.704. The summed E-state index contributed by atoms with van der Waals surface area (Å²) in [6.07, 6.45) is -0.413. The third kappa shape index (κ3) is 8.08. The van der Waals surface area contributed by atoms with Crippen LogP contribution in [0.1, 0.15) is 41.5 Å². The van der Waals surface area contributed by atoms with Gasteiger partial charge in [-0.25, -0.2) is 0 Å². The van der Waals surface area contributed by atoms with Gasteiger partial charge in [0.1, 0.15) is 0 Å². The van der Waals surface area contributed by atoms with Crippen molar-refractivity contribution < 1.29 is 9.84 Å². The molecule has 0 aliphatic heterocycles. The van der Waals surface area contributed by atoms with E-state index in [4.69, 9.17) is 4.74 Å². The van der Waals surface area contributed by atoms with Crippen LogP contribution in [0.2, 0.25) is 0 Å². The number of ether oxygens (including phenoxy) is 1. The van der Waals surface area contributed by atoms with Crippen molar-refractivity contribution in [3.63, 3.8) is 0 Å². The fourth-order valence-corrected chi connectivity index (χ4v) is 1.12. The number of hydrogen-bond donors (Lipinski definition) is 2. The Morgan fingerprint density at radius 2 is 1.69 bits per heavy atom. The van der Waals surface area contributed by atoms with Crippen LogP contribution in [0.15, 0.2) is 0 Å². The van der Waals surface area contributed by atoms with E-state index in [1.807, 2.05) is 0 Å². The van der Waals surface area contributed by atoms with Crippen molar-refractivity contribution in [1.82, 2.24) is 5.32 Å². The van der Waals surface area contributed by atoms with Gasteiger partial charge in [0.05, 0.1) is 12.7 Å².